The summed E-state index contributed by atoms with van der Waals surface area (Å²) in [7, 11) is 0. The Balaban J connectivity index is 2.13. The molecule has 0 aromatic heterocycles. The van der Waals surface area contributed by atoms with Crippen molar-refractivity contribution in [1.29, 1.82) is 0 Å². The summed E-state index contributed by atoms with van der Waals surface area (Å²) < 4.78 is 5.65. The van der Waals surface area contributed by atoms with E-state index in [2.05, 4.69) is 5.32 Å². The van der Waals surface area contributed by atoms with Gasteiger partial charge in [-0.1, -0.05) is 61.8 Å². The molecule has 30 heavy (non-hydrogen) atoms. The molecule has 2 unspecified atom stereocenters. The molecule has 0 radical (unpaired) electrons. The monoisotopic (exact) mass is 430 g/mol. The predicted molar refractivity (Wildman–Crippen MR) is 121 cm³/mol. The van der Waals surface area contributed by atoms with Crippen LogP contribution in [0.3, 0.4) is 0 Å². The second kappa shape index (κ2) is 12.2. The minimum Gasteiger partial charge on any atom is -0.484 e. The molecule has 6 heteroatoms. The standard InChI is InChI=1S/C24H31ClN2O3/c1-4-18(3)26-24(29)22(5-2)27(15-14-19-10-7-6-8-11-19)23(28)17-30-21-13-9-12-20(25)16-21/h6-13,16,18,22H,4-5,14-15,17H2,1-3H3,(H,26,29). The van der Waals surface area contributed by atoms with E-state index in [0.29, 0.717) is 30.2 Å². The molecule has 2 amide bonds. The van der Waals surface area contributed by atoms with Crippen LogP contribution in [0.4, 0.5) is 0 Å². The number of ether oxygens (including phenoxy) is 1. The third kappa shape index (κ3) is 7.38. The number of rotatable bonds is 11. The number of carbonyl (C=O) groups excluding carboxylic acids is 2. The molecule has 2 atom stereocenters. The number of carbonyl (C=O) groups is 2. The van der Waals surface area contributed by atoms with Crippen LogP contribution >= 0.6 is 11.6 Å². The van der Waals surface area contributed by atoms with Crippen LogP contribution in [0.1, 0.15) is 39.2 Å². The van der Waals surface area contributed by atoms with E-state index in [0.717, 1.165) is 12.0 Å². The molecule has 0 saturated heterocycles. The molecule has 1 N–H and O–H groups in total. The fourth-order valence-corrected chi connectivity index (χ4v) is 3.30. The lowest BCUT2D eigenvalue weighted by atomic mass is 10.1. The van der Waals surface area contributed by atoms with Gasteiger partial charge in [-0.2, -0.15) is 0 Å². The first-order valence-electron chi connectivity index (χ1n) is 10.5. The Labute approximate surface area is 184 Å². The largest absolute Gasteiger partial charge is 0.484 e. The highest BCUT2D eigenvalue weighted by Gasteiger charge is 2.29. The number of amides is 2. The summed E-state index contributed by atoms with van der Waals surface area (Å²) in [5.41, 5.74) is 1.11. The third-order valence-corrected chi connectivity index (χ3v) is 5.26. The first-order chi connectivity index (χ1) is 14.4. The summed E-state index contributed by atoms with van der Waals surface area (Å²) >= 11 is 5.99. The number of hydrogen-bond acceptors (Lipinski definition) is 3. The van der Waals surface area contributed by atoms with E-state index in [4.69, 9.17) is 16.3 Å². The second-order valence-corrected chi connectivity index (χ2v) is 7.75. The zero-order valence-corrected chi connectivity index (χ0v) is 18.7. The maximum absolute atomic E-state index is 13.1. The van der Waals surface area contributed by atoms with E-state index in [-0.39, 0.29) is 24.5 Å². The number of nitrogens with zero attached hydrogens (tertiary/aromatic N) is 1. The average Bonchev–Trinajstić information content (AvgIpc) is 2.75. The average molecular weight is 431 g/mol. The molecule has 162 valence electrons. The SMILES string of the molecule is CCC(C)NC(=O)C(CC)N(CCc1ccccc1)C(=O)COc1cccc(Cl)c1. The Hall–Kier alpha value is -2.53. The molecule has 0 bridgehead atoms. The van der Waals surface area contributed by atoms with Crippen molar-refractivity contribution < 1.29 is 14.3 Å². The van der Waals surface area contributed by atoms with Crippen molar-refractivity contribution in [2.75, 3.05) is 13.2 Å². The van der Waals surface area contributed by atoms with E-state index in [1.54, 1.807) is 29.2 Å². The fraction of sp³-hybridized carbons (Fsp3) is 0.417. The van der Waals surface area contributed by atoms with Crippen LogP contribution in [0, 0.1) is 0 Å². The molecule has 2 aromatic rings. The van der Waals surface area contributed by atoms with Gasteiger partial charge >= 0.3 is 0 Å². The molecular formula is C24H31ClN2O3. The van der Waals surface area contributed by atoms with Crippen molar-refractivity contribution in [1.82, 2.24) is 10.2 Å². The molecule has 5 nitrogen and oxygen atoms in total. The minimum atomic E-state index is -0.543. The maximum Gasteiger partial charge on any atom is 0.261 e. The highest BCUT2D eigenvalue weighted by Crippen LogP contribution is 2.17. The van der Waals surface area contributed by atoms with Gasteiger partial charge < -0.3 is 15.0 Å². The first-order valence-corrected chi connectivity index (χ1v) is 10.8. The Morgan fingerprint density at radius 3 is 2.43 bits per heavy atom. The lowest BCUT2D eigenvalue weighted by molar-refractivity contribution is -0.142. The topological polar surface area (TPSA) is 58.6 Å². The van der Waals surface area contributed by atoms with Gasteiger partial charge in [-0.05, 0) is 49.9 Å². The maximum atomic E-state index is 13.1. The molecule has 0 aliphatic heterocycles. The lowest BCUT2D eigenvalue weighted by Crippen LogP contribution is -2.52. The predicted octanol–water partition coefficient (Wildman–Crippen LogP) is 4.48. The van der Waals surface area contributed by atoms with Crippen molar-refractivity contribution in [2.45, 2.75) is 52.1 Å². The Kier molecular flexibility index (Phi) is 9.68. The first kappa shape index (κ1) is 23.7. The van der Waals surface area contributed by atoms with Crippen molar-refractivity contribution in [3.8, 4) is 5.75 Å². The third-order valence-electron chi connectivity index (χ3n) is 5.03. The molecule has 2 aromatic carbocycles. The molecule has 0 heterocycles. The van der Waals surface area contributed by atoms with Gasteiger partial charge in [0, 0.05) is 17.6 Å². The lowest BCUT2D eigenvalue weighted by Gasteiger charge is -2.31. The van der Waals surface area contributed by atoms with E-state index in [1.807, 2.05) is 51.1 Å². The van der Waals surface area contributed by atoms with Crippen molar-refractivity contribution in [3.63, 3.8) is 0 Å². The normalized spacial score (nSPS) is 12.7. The molecule has 0 spiro atoms. The molecule has 2 rings (SSSR count). The summed E-state index contributed by atoms with van der Waals surface area (Å²) in [5.74, 6) is 0.170. The van der Waals surface area contributed by atoms with Crippen molar-refractivity contribution >= 4 is 23.4 Å². The van der Waals surface area contributed by atoms with Crippen molar-refractivity contribution in [2.24, 2.45) is 0 Å². The van der Waals surface area contributed by atoms with Crippen LogP contribution in [0.15, 0.2) is 54.6 Å². The number of benzene rings is 2. The van der Waals surface area contributed by atoms with Crippen LogP contribution in [-0.2, 0) is 16.0 Å². The molecular weight excluding hydrogens is 400 g/mol. The number of nitrogens with one attached hydrogen (secondary N) is 1. The molecule has 0 aliphatic rings. The summed E-state index contributed by atoms with van der Waals surface area (Å²) in [6.45, 7) is 6.18. The molecule has 0 saturated carbocycles. The van der Waals surface area contributed by atoms with E-state index in [1.165, 1.54) is 0 Å². The van der Waals surface area contributed by atoms with Gasteiger partial charge in [0.05, 0.1) is 0 Å². The van der Waals surface area contributed by atoms with E-state index >= 15 is 0 Å². The highest BCUT2D eigenvalue weighted by molar-refractivity contribution is 6.30. The van der Waals surface area contributed by atoms with Crippen LogP contribution in [-0.4, -0.2) is 41.9 Å². The van der Waals surface area contributed by atoms with Gasteiger partial charge in [-0.15, -0.1) is 0 Å². The quantitative estimate of drug-likeness (QED) is 0.571. The van der Waals surface area contributed by atoms with Gasteiger partial charge in [0.15, 0.2) is 6.61 Å². The number of halogens is 1. The Bertz CT molecular complexity index is 813. The van der Waals surface area contributed by atoms with Gasteiger partial charge in [0.1, 0.15) is 11.8 Å². The summed E-state index contributed by atoms with van der Waals surface area (Å²) in [6.07, 6.45) is 2.02. The zero-order valence-electron chi connectivity index (χ0n) is 17.9. The number of hydrogen-bond donors (Lipinski definition) is 1. The van der Waals surface area contributed by atoms with Gasteiger partial charge in [-0.25, -0.2) is 0 Å². The fourth-order valence-electron chi connectivity index (χ4n) is 3.12. The summed E-state index contributed by atoms with van der Waals surface area (Å²) in [6, 6.07) is 16.4. The van der Waals surface area contributed by atoms with Crippen LogP contribution in [0.25, 0.3) is 0 Å². The summed E-state index contributed by atoms with van der Waals surface area (Å²) in [4.78, 5) is 27.6. The van der Waals surface area contributed by atoms with Gasteiger partial charge in [0.2, 0.25) is 5.91 Å². The van der Waals surface area contributed by atoms with E-state index in [9.17, 15) is 9.59 Å². The second-order valence-electron chi connectivity index (χ2n) is 7.31. The Morgan fingerprint density at radius 1 is 1.07 bits per heavy atom. The van der Waals surface area contributed by atoms with Crippen LogP contribution in [0.2, 0.25) is 5.02 Å². The van der Waals surface area contributed by atoms with Gasteiger partial charge in [0.25, 0.3) is 5.91 Å². The van der Waals surface area contributed by atoms with Crippen LogP contribution < -0.4 is 10.1 Å². The highest BCUT2D eigenvalue weighted by atomic mass is 35.5. The molecule has 0 fully saturated rings. The van der Waals surface area contributed by atoms with Gasteiger partial charge in [-0.3, -0.25) is 9.59 Å². The van der Waals surface area contributed by atoms with E-state index < -0.39 is 6.04 Å². The smallest absolute Gasteiger partial charge is 0.261 e. The minimum absolute atomic E-state index is 0.0559. The summed E-state index contributed by atoms with van der Waals surface area (Å²) in [5, 5.41) is 3.55. The zero-order chi connectivity index (χ0) is 21.9. The molecule has 0 aliphatic carbocycles. The van der Waals surface area contributed by atoms with Crippen LogP contribution in [0.5, 0.6) is 5.75 Å². The Morgan fingerprint density at radius 2 is 1.80 bits per heavy atom. The van der Waals surface area contributed by atoms with Crippen molar-refractivity contribution in [3.05, 3.63) is 65.2 Å².